The number of hydrogen-bond donors (Lipinski definition) is 0. The minimum Gasteiger partial charge on any atom is -0.444 e. The van der Waals surface area contributed by atoms with Crippen LogP contribution in [0.5, 0.6) is 0 Å². The summed E-state index contributed by atoms with van der Waals surface area (Å²) in [6.45, 7) is 10.9. The molecule has 26 heavy (non-hydrogen) atoms. The van der Waals surface area contributed by atoms with E-state index in [4.69, 9.17) is 9.72 Å². The van der Waals surface area contributed by atoms with Crippen LogP contribution < -0.4 is 0 Å². The normalized spacial score (nSPS) is 17.8. The molecule has 3 rings (SSSR count). The van der Waals surface area contributed by atoms with Crippen molar-refractivity contribution >= 4 is 17.0 Å². The summed E-state index contributed by atoms with van der Waals surface area (Å²) in [7, 11) is 0. The Bertz CT molecular complexity index is 772. The van der Waals surface area contributed by atoms with E-state index in [1.54, 1.807) is 4.90 Å². The maximum absolute atomic E-state index is 12.3. The molecule has 2 heterocycles. The second-order valence-corrected chi connectivity index (χ2v) is 7.82. The van der Waals surface area contributed by atoms with Crippen molar-refractivity contribution in [3.63, 3.8) is 0 Å². The third kappa shape index (κ3) is 4.49. The smallest absolute Gasteiger partial charge is 0.410 e. The second-order valence-electron chi connectivity index (χ2n) is 7.82. The highest BCUT2D eigenvalue weighted by molar-refractivity contribution is 5.77. The van der Waals surface area contributed by atoms with Crippen LogP contribution in [0.1, 0.15) is 46.0 Å². The van der Waals surface area contributed by atoms with Gasteiger partial charge in [0.15, 0.2) is 0 Å². The van der Waals surface area contributed by atoms with Gasteiger partial charge in [-0.15, -0.1) is 0 Å². The van der Waals surface area contributed by atoms with Crippen LogP contribution in [-0.2, 0) is 4.74 Å². The molecule has 0 saturated carbocycles. The molecule has 0 aliphatic carbocycles. The van der Waals surface area contributed by atoms with Crippen molar-refractivity contribution in [1.82, 2.24) is 19.8 Å². The Balaban J connectivity index is 1.66. The molecule has 1 aromatic carbocycles. The molecule has 1 atom stereocenters. The van der Waals surface area contributed by atoms with Crippen LogP contribution in [0.25, 0.3) is 10.9 Å². The predicted octanol–water partition coefficient (Wildman–Crippen LogP) is 3.63. The molecule has 6 nitrogen and oxygen atoms in total. The number of aromatic nitrogens is 2. The van der Waals surface area contributed by atoms with Crippen molar-refractivity contribution in [1.29, 1.82) is 0 Å². The van der Waals surface area contributed by atoms with Crippen LogP contribution in [0.3, 0.4) is 0 Å². The summed E-state index contributed by atoms with van der Waals surface area (Å²) >= 11 is 0. The molecule has 0 spiro atoms. The van der Waals surface area contributed by atoms with Gasteiger partial charge in [0, 0.05) is 37.8 Å². The highest BCUT2D eigenvalue weighted by Gasteiger charge is 2.27. The zero-order valence-electron chi connectivity index (χ0n) is 16.1. The summed E-state index contributed by atoms with van der Waals surface area (Å²) < 4.78 is 5.51. The number of carbonyl (C=O) groups excluding carboxylic acids is 1. The molecule has 1 aliphatic heterocycles. The van der Waals surface area contributed by atoms with E-state index in [0.29, 0.717) is 6.54 Å². The molecule has 1 unspecified atom stereocenters. The van der Waals surface area contributed by atoms with Crippen LogP contribution in [0.4, 0.5) is 4.79 Å². The van der Waals surface area contributed by atoms with Gasteiger partial charge in [-0.25, -0.2) is 14.8 Å². The first kappa shape index (κ1) is 18.6. The zero-order valence-corrected chi connectivity index (χ0v) is 16.1. The van der Waals surface area contributed by atoms with Gasteiger partial charge in [0.05, 0.1) is 11.6 Å². The fraction of sp³-hybridized carbons (Fsp3) is 0.550. The van der Waals surface area contributed by atoms with E-state index in [1.165, 1.54) is 0 Å². The maximum Gasteiger partial charge on any atom is 0.410 e. The Labute approximate surface area is 155 Å². The van der Waals surface area contributed by atoms with Crippen LogP contribution in [0.15, 0.2) is 30.5 Å². The maximum atomic E-state index is 12.3. The second kappa shape index (κ2) is 7.58. The number of hydrogen-bond acceptors (Lipinski definition) is 5. The molecule has 1 aliphatic rings. The lowest BCUT2D eigenvalue weighted by atomic mass is 10.2. The molecule has 0 N–H and O–H groups in total. The molecule has 140 valence electrons. The number of rotatable bonds is 2. The summed E-state index contributed by atoms with van der Waals surface area (Å²) in [5.41, 5.74) is 0.504. The quantitative estimate of drug-likeness (QED) is 0.822. The van der Waals surface area contributed by atoms with Gasteiger partial charge < -0.3 is 9.64 Å². The molecule has 1 aromatic heterocycles. The number of benzene rings is 1. The van der Waals surface area contributed by atoms with Gasteiger partial charge in [-0.3, -0.25) is 4.90 Å². The molecular weight excluding hydrogens is 328 g/mol. The predicted molar refractivity (Wildman–Crippen MR) is 102 cm³/mol. The van der Waals surface area contributed by atoms with Gasteiger partial charge in [0.2, 0.25) is 0 Å². The number of amides is 1. The first-order valence-corrected chi connectivity index (χ1v) is 9.27. The lowest BCUT2D eigenvalue weighted by Crippen LogP contribution is -2.39. The Kier molecular flexibility index (Phi) is 5.41. The highest BCUT2D eigenvalue weighted by atomic mass is 16.6. The van der Waals surface area contributed by atoms with Gasteiger partial charge >= 0.3 is 6.09 Å². The number of para-hydroxylation sites is 1. The minimum atomic E-state index is -0.463. The van der Waals surface area contributed by atoms with E-state index in [-0.39, 0.29) is 12.1 Å². The average molecular weight is 356 g/mol. The Hall–Kier alpha value is -2.21. The van der Waals surface area contributed by atoms with Gasteiger partial charge in [0.1, 0.15) is 11.4 Å². The van der Waals surface area contributed by atoms with Crippen LogP contribution >= 0.6 is 0 Å². The number of nitrogens with zero attached hydrogens (tertiary/aromatic N) is 4. The van der Waals surface area contributed by atoms with Crippen molar-refractivity contribution in [2.45, 2.75) is 45.8 Å². The lowest BCUT2D eigenvalue weighted by molar-refractivity contribution is 0.0255. The van der Waals surface area contributed by atoms with Crippen molar-refractivity contribution in [2.75, 3.05) is 26.2 Å². The SMILES string of the molecule is CC(c1ncc2ccccc2n1)N1CCCN(C(=O)OC(C)(C)C)CC1. The molecule has 2 aromatic rings. The van der Waals surface area contributed by atoms with Crippen molar-refractivity contribution < 1.29 is 9.53 Å². The van der Waals surface area contributed by atoms with Gasteiger partial charge in [0.25, 0.3) is 0 Å². The highest BCUT2D eigenvalue weighted by Crippen LogP contribution is 2.21. The standard InChI is InChI=1S/C20H28N4O2/c1-15(18-21-14-16-8-5-6-9-17(16)22-18)23-10-7-11-24(13-12-23)19(25)26-20(2,3)4/h5-6,8-9,14-15H,7,10-13H2,1-4H3. The fourth-order valence-electron chi connectivity index (χ4n) is 3.18. The van der Waals surface area contributed by atoms with Crippen molar-refractivity contribution in [3.8, 4) is 0 Å². The molecular formula is C20H28N4O2. The number of fused-ring (bicyclic) bond motifs is 1. The average Bonchev–Trinajstić information content (AvgIpc) is 2.85. The van der Waals surface area contributed by atoms with Crippen molar-refractivity contribution in [3.05, 3.63) is 36.3 Å². The van der Waals surface area contributed by atoms with Gasteiger partial charge in [-0.1, -0.05) is 18.2 Å². The topological polar surface area (TPSA) is 58.6 Å². The molecule has 0 radical (unpaired) electrons. The summed E-state index contributed by atoms with van der Waals surface area (Å²) in [5.74, 6) is 0.828. The third-order valence-corrected chi connectivity index (χ3v) is 4.61. The Morgan fingerprint density at radius 2 is 1.92 bits per heavy atom. The van der Waals surface area contributed by atoms with Crippen LogP contribution in [0.2, 0.25) is 0 Å². The molecule has 0 bridgehead atoms. The van der Waals surface area contributed by atoms with Gasteiger partial charge in [-0.2, -0.15) is 0 Å². The first-order valence-electron chi connectivity index (χ1n) is 9.27. The van der Waals surface area contributed by atoms with E-state index in [1.807, 2.05) is 51.2 Å². The summed E-state index contributed by atoms with van der Waals surface area (Å²) in [4.78, 5) is 25.7. The monoisotopic (exact) mass is 356 g/mol. The number of ether oxygens (including phenoxy) is 1. The van der Waals surface area contributed by atoms with Crippen LogP contribution in [-0.4, -0.2) is 57.6 Å². The van der Waals surface area contributed by atoms with Gasteiger partial charge in [-0.05, 0) is 40.2 Å². The largest absolute Gasteiger partial charge is 0.444 e. The van der Waals surface area contributed by atoms with E-state index in [9.17, 15) is 4.79 Å². The fourth-order valence-corrected chi connectivity index (χ4v) is 3.18. The summed E-state index contributed by atoms with van der Waals surface area (Å²) in [5, 5.41) is 1.05. The Morgan fingerprint density at radius 1 is 1.15 bits per heavy atom. The number of carbonyl (C=O) groups is 1. The third-order valence-electron chi connectivity index (χ3n) is 4.61. The van der Waals surface area contributed by atoms with E-state index in [2.05, 4.69) is 16.8 Å². The summed E-state index contributed by atoms with van der Waals surface area (Å²) in [6.07, 6.45) is 2.57. The van der Waals surface area contributed by atoms with E-state index >= 15 is 0 Å². The molecule has 1 fully saturated rings. The minimum absolute atomic E-state index is 0.109. The lowest BCUT2D eigenvalue weighted by Gasteiger charge is -2.28. The zero-order chi connectivity index (χ0) is 18.7. The Morgan fingerprint density at radius 3 is 2.69 bits per heavy atom. The molecule has 1 amide bonds. The van der Waals surface area contributed by atoms with Crippen LogP contribution in [0, 0.1) is 0 Å². The molecule has 1 saturated heterocycles. The van der Waals surface area contributed by atoms with Crippen molar-refractivity contribution in [2.24, 2.45) is 0 Å². The summed E-state index contributed by atoms with van der Waals surface area (Å²) in [6, 6.07) is 8.13. The molecule has 6 heteroatoms. The van der Waals surface area contributed by atoms with E-state index < -0.39 is 5.60 Å². The van der Waals surface area contributed by atoms with E-state index in [0.717, 1.165) is 42.8 Å². The first-order chi connectivity index (χ1) is 12.3.